The molecular weight excluding hydrogens is 546 g/mol. The second-order valence-corrected chi connectivity index (χ2v) is 9.30. The lowest BCUT2D eigenvalue weighted by molar-refractivity contribution is -0.193. The first kappa shape index (κ1) is 31.5. The summed E-state index contributed by atoms with van der Waals surface area (Å²) in [5.41, 5.74) is 1.14. The third-order valence-corrected chi connectivity index (χ3v) is 6.44. The Morgan fingerprint density at radius 1 is 1.08 bits per heavy atom. The van der Waals surface area contributed by atoms with Crippen molar-refractivity contribution in [1.29, 1.82) is 0 Å². The summed E-state index contributed by atoms with van der Waals surface area (Å²) in [5, 5.41) is 16.4. The molecule has 2 aromatic heterocycles. The zero-order valence-electron chi connectivity index (χ0n) is 19.8. The van der Waals surface area contributed by atoms with Crippen LogP contribution >= 0.6 is 11.3 Å². The smallest absolute Gasteiger partial charge is 0.475 e. The van der Waals surface area contributed by atoms with E-state index < -0.39 is 24.3 Å². The van der Waals surface area contributed by atoms with Crippen LogP contribution in [0.25, 0.3) is 0 Å². The minimum atomic E-state index is -5.08. The Bertz CT molecular complexity index is 967. The van der Waals surface area contributed by atoms with Gasteiger partial charge < -0.3 is 19.7 Å². The first-order valence-electron chi connectivity index (χ1n) is 11.2. The lowest BCUT2D eigenvalue weighted by Gasteiger charge is -2.39. The van der Waals surface area contributed by atoms with E-state index in [1.165, 1.54) is 17.7 Å². The number of pyridine rings is 1. The number of carboxylic acids is 2. The SMILES string of the molecule is O=C(O)C(F)(F)F.O=C(O)C(F)(F)F.c1cncc(COCC2CCC3C2OCCN3Cc2cccs2)c1. The molecule has 15 heteroatoms. The van der Waals surface area contributed by atoms with Crippen LogP contribution in [-0.2, 0) is 32.2 Å². The number of morpholine rings is 1. The molecule has 38 heavy (non-hydrogen) atoms. The van der Waals surface area contributed by atoms with Gasteiger partial charge in [0.2, 0.25) is 0 Å². The van der Waals surface area contributed by atoms with Crippen molar-refractivity contribution in [3.05, 3.63) is 52.5 Å². The number of ether oxygens (including phenoxy) is 2. The number of alkyl halides is 6. The largest absolute Gasteiger partial charge is 0.490 e. The Morgan fingerprint density at radius 2 is 1.74 bits per heavy atom. The number of rotatable bonds is 6. The average molecular weight is 573 g/mol. The summed E-state index contributed by atoms with van der Waals surface area (Å²) in [6, 6.07) is 8.94. The minimum absolute atomic E-state index is 0.326. The van der Waals surface area contributed by atoms with Gasteiger partial charge in [-0.1, -0.05) is 12.1 Å². The molecule has 1 saturated carbocycles. The van der Waals surface area contributed by atoms with Crippen LogP contribution in [0.3, 0.4) is 0 Å². The second kappa shape index (κ2) is 14.4. The van der Waals surface area contributed by atoms with E-state index in [9.17, 15) is 26.3 Å². The van der Waals surface area contributed by atoms with Crippen LogP contribution < -0.4 is 0 Å². The molecule has 1 saturated heterocycles. The summed E-state index contributed by atoms with van der Waals surface area (Å²) < 4.78 is 75.6. The number of aliphatic carboxylic acids is 2. The molecular formula is C23H26F6N2O6S. The van der Waals surface area contributed by atoms with E-state index in [-0.39, 0.29) is 0 Å². The predicted molar refractivity (Wildman–Crippen MR) is 122 cm³/mol. The molecule has 8 nitrogen and oxygen atoms in total. The number of aromatic nitrogens is 1. The van der Waals surface area contributed by atoms with Gasteiger partial charge in [0.25, 0.3) is 0 Å². The summed E-state index contributed by atoms with van der Waals surface area (Å²) in [5.74, 6) is -5.00. The highest BCUT2D eigenvalue weighted by molar-refractivity contribution is 7.09. The van der Waals surface area contributed by atoms with Crippen LogP contribution in [0, 0.1) is 5.92 Å². The highest BCUT2D eigenvalue weighted by Gasteiger charge is 2.42. The second-order valence-electron chi connectivity index (χ2n) is 8.27. The van der Waals surface area contributed by atoms with E-state index in [1.54, 1.807) is 6.20 Å². The van der Waals surface area contributed by atoms with Gasteiger partial charge in [-0.05, 0) is 35.9 Å². The number of nitrogens with zero attached hydrogens (tertiary/aromatic N) is 2. The van der Waals surface area contributed by atoms with Crippen molar-refractivity contribution in [3.8, 4) is 0 Å². The van der Waals surface area contributed by atoms with Gasteiger partial charge >= 0.3 is 24.3 Å². The van der Waals surface area contributed by atoms with Crippen molar-refractivity contribution < 1.29 is 55.6 Å². The number of fused-ring (bicyclic) bond motifs is 1. The third kappa shape index (κ3) is 10.6. The number of carboxylic acid groups (broad SMARTS) is 2. The molecule has 2 aromatic rings. The maximum Gasteiger partial charge on any atom is 0.490 e. The molecule has 3 atom stereocenters. The third-order valence-electron chi connectivity index (χ3n) is 5.58. The van der Waals surface area contributed by atoms with Gasteiger partial charge in [0.1, 0.15) is 0 Å². The molecule has 0 spiro atoms. The fraction of sp³-hybridized carbons (Fsp3) is 0.522. The van der Waals surface area contributed by atoms with Crippen molar-refractivity contribution in [2.75, 3.05) is 19.8 Å². The molecule has 0 amide bonds. The molecule has 212 valence electrons. The summed E-state index contributed by atoms with van der Waals surface area (Å²) in [6.07, 6.45) is -3.76. The van der Waals surface area contributed by atoms with E-state index >= 15 is 0 Å². The lowest BCUT2D eigenvalue weighted by atomic mass is 10.0. The zero-order chi connectivity index (χ0) is 28.3. The molecule has 2 aliphatic rings. The number of hydrogen-bond donors (Lipinski definition) is 2. The van der Waals surface area contributed by atoms with E-state index in [0.29, 0.717) is 24.7 Å². The van der Waals surface area contributed by atoms with Gasteiger partial charge in [0, 0.05) is 42.3 Å². The molecule has 2 N–H and O–H groups in total. The molecule has 1 aliphatic carbocycles. The van der Waals surface area contributed by atoms with Crippen molar-refractivity contribution in [2.24, 2.45) is 5.92 Å². The highest BCUT2D eigenvalue weighted by Crippen LogP contribution is 2.36. The molecule has 3 heterocycles. The molecule has 1 aliphatic heterocycles. The Labute approximate surface area is 217 Å². The number of halogens is 6. The van der Waals surface area contributed by atoms with Crippen molar-refractivity contribution >= 4 is 23.3 Å². The highest BCUT2D eigenvalue weighted by atomic mass is 32.1. The average Bonchev–Trinajstić information content (AvgIpc) is 3.50. The van der Waals surface area contributed by atoms with Gasteiger partial charge in [-0.3, -0.25) is 9.88 Å². The van der Waals surface area contributed by atoms with E-state index in [0.717, 1.165) is 31.9 Å². The van der Waals surface area contributed by atoms with Gasteiger partial charge in [-0.25, -0.2) is 9.59 Å². The van der Waals surface area contributed by atoms with Crippen molar-refractivity contribution in [2.45, 2.75) is 50.5 Å². The molecule has 0 radical (unpaired) electrons. The molecule has 0 bridgehead atoms. The molecule has 3 unspecified atom stereocenters. The monoisotopic (exact) mass is 572 g/mol. The minimum Gasteiger partial charge on any atom is -0.475 e. The normalized spacial score (nSPS) is 21.4. The van der Waals surface area contributed by atoms with E-state index in [2.05, 4.69) is 33.5 Å². The zero-order valence-corrected chi connectivity index (χ0v) is 20.6. The predicted octanol–water partition coefficient (Wildman–Crippen LogP) is 4.61. The van der Waals surface area contributed by atoms with E-state index in [1.807, 2.05) is 23.6 Å². The van der Waals surface area contributed by atoms with Gasteiger partial charge in [0.15, 0.2) is 0 Å². The maximum atomic E-state index is 10.6. The maximum absolute atomic E-state index is 10.6. The number of thiophene rings is 1. The Morgan fingerprint density at radius 3 is 2.26 bits per heavy atom. The van der Waals surface area contributed by atoms with Crippen LogP contribution in [0.5, 0.6) is 0 Å². The van der Waals surface area contributed by atoms with Crippen LogP contribution in [0.15, 0.2) is 42.0 Å². The van der Waals surface area contributed by atoms with E-state index in [4.69, 9.17) is 29.3 Å². The Balaban J connectivity index is 0.000000301. The van der Waals surface area contributed by atoms with Crippen LogP contribution in [0.2, 0.25) is 0 Å². The fourth-order valence-electron chi connectivity index (χ4n) is 3.93. The Kier molecular flexibility index (Phi) is 11.9. The van der Waals surface area contributed by atoms with Crippen LogP contribution in [0.4, 0.5) is 26.3 Å². The first-order chi connectivity index (χ1) is 17.8. The number of carbonyl (C=O) groups is 2. The quantitative estimate of drug-likeness (QED) is 0.484. The topological polar surface area (TPSA) is 109 Å². The van der Waals surface area contributed by atoms with Crippen molar-refractivity contribution in [1.82, 2.24) is 9.88 Å². The lowest BCUT2D eigenvalue weighted by Crippen LogP contribution is -2.50. The Hall–Kier alpha value is -2.75. The number of hydrogen-bond acceptors (Lipinski definition) is 7. The summed E-state index contributed by atoms with van der Waals surface area (Å²) in [4.78, 5) is 26.0. The van der Waals surface area contributed by atoms with Crippen LogP contribution in [0.1, 0.15) is 23.3 Å². The molecule has 0 aromatic carbocycles. The van der Waals surface area contributed by atoms with Crippen LogP contribution in [-0.4, -0.2) is 76.3 Å². The summed E-state index contributed by atoms with van der Waals surface area (Å²) in [7, 11) is 0. The standard InChI is InChI=1S/C19H24N2O2S.2C2HF3O2/c1-3-15(11-20-7-1)13-22-14-16-5-6-18-19(16)23-9-8-21(18)12-17-4-2-10-24-17;2*3-2(4,5)1(6)7/h1-4,7,10-11,16,18-19H,5-6,8-9,12-14H2;2*(H,6,7). The van der Waals surface area contributed by atoms with Gasteiger partial charge in [0.05, 0.1) is 25.9 Å². The first-order valence-corrected chi connectivity index (χ1v) is 12.1. The molecule has 4 rings (SSSR count). The van der Waals surface area contributed by atoms with Gasteiger partial charge in [-0.2, -0.15) is 26.3 Å². The van der Waals surface area contributed by atoms with Gasteiger partial charge in [-0.15, -0.1) is 11.3 Å². The summed E-state index contributed by atoms with van der Waals surface area (Å²) in [6.45, 7) is 4.36. The summed E-state index contributed by atoms with van der Waals surface area (Å²) >= 11 is 1.85. The molecule has 2 fully saturated rings. The fourth-order valence-corrected chi connectivity index (χ4v) is 4.66. The van der Waals surface area contributed by atoms with Crippen molar-refractivity contribution in [3.63, 3.8) is 0 Å².